The van der Waals surface area contributed by atoms with Gasteiger partial charge in [-0.2, -0.15) is 145 Å². The minimum atomic E-state index is -9.01. The molecule has 9 N–H and O–H groups in total. The minimum Gasteiger partial charge on any atom is -0.394 e. The molecule has 93 heavy (non-hydrogen) atoms. The number of nitrogens with two attached hydrogens (primary N) is 1. The molecule has 0 bridgehead atoms. The predicted molar refractivity (Wildman–Crippen MR) is 245 cm³/mol. The Balaban J connectivity index is 2.98. The van der Waals surface area contributed by atoms with Gasteiger partial charge in [-0.15, -0.1) is 0 Å². The SMILES string of the molecule is NCCCC[C@H](NC(=O)CCC(F)(F)C(F)(F)C(F)(F)C(F)(F)C(F)(F)C(F)(F)C(F)(F)C(F)(F)F)C(=O)NCCCC(F)(F)C(F)(F)C(F)(F)C(F)(F)C(F)(F)C(F)(F)C(F)(F)C(F)(F)CCCCCCCCCCC(=O)NCCO[C@@H]1O[C@H](CO)[C@H](O)[C@H](O)[C@H]1O. The van der Waals surface area contributed by atoms with Crippen LogP contribution in [0.1, 0.15) is 109 Å². The molecule has 0 spiro atoms. The Hall–Kier alpha value is -4.18. The highest BCUT2D eigenvalue weighted by molar-refractivity contribution is 5.87. The fourth-order valence-corrected chi connectivity index (χ4v) is 8.21. The van der Waals surface area contributed by atoms with Gasteiger partial charge in [0.15, 0.2) is 6.29 Å². The maximum Gasteiger partial charge on any atom is 0.460 e. The first kappa shape index (κ1) is 86.8. The first-order valence-electron chi connectivity index (χ1n) is 26.8. The Bertz CT molecular complexity index is 2390. The third-order valence-corrected chi connectivity index (χ3v) is 14.1. The van der Waals surface area contributed by atoms with Gasteiger partial charge in [-0.25, -0.2) is 0 Å². The molecule has 1 fully saturated rings. The van der Waals surface area contributed by atoms with Gasteiger partial charge in [0.05, 0.1) is 13.2 Å². The first-order valence-corrected chi connectivity index (χ1v) is 26.8. The molecule has 1 heterocycles. The average molecular weight is 1450 g/mol. The van der Waals surface area contributed by atoms with E-state index < -0.39 is 227 Å². The minimum absolute atomic E-state index is 0.0485. The van der Waals surface area contributed by atoms with Crippen molar-refractivity contribution in [2.45, 2.75) is 241 Å². The number of ether oxygens (including phenoxy) is 2. The Morgan fingerprint density at radius 3 is 1.19 bits per heavy atom. The highest BCUT2D eigenvalue weighted by Crippen LogP contribution is 2.66. The van der Waals surface area contributed by atoms with Gasteiger partial charge in [-0.1, -0.05) is 38.5 Å². The summed E-state index contributed by atoms with van der Waals surface area (Å²) >= 11 is 0. The molecule has 0 aromatic rings. The number of rotatable bonds is 42. The monoisotopic (exact) mass is 1450 g/mol. The number of unbranched alkanes of at least 4 members (excludes halogenated alkanes) is 8. The number of carbonyl (C=O) groups is 3. The van der Waals surface area contributed by atoms with Crippen LogP contribution in [0.15, 0.2) is 0 Å². The van der Waals surface area contributed by atoms with E-state index in [2.05, 4.69) is 5.32 Å². The first-order chi connectivity index (χ1) is 41.6. The summed E-state index contributed by atoms with van der Waals surface area (Å²) in [6, 6.07) is -2.48. The molecule has 552 valence electrons. The van der Waals surface area contributed by atoms with Crippen molar-refractivity contribution in [1.29, 1.82) is 0 Å². The van der Waals surface area contributed by atoms with Crippen LogP contribution < -0.4 is 21.7 Å². The summed E-state index contributed by atoms with van der Waals surface area (Å²) in [7, 11) is 0. The number of carbonyl (C=O) groups excluding carboxylic acids is 3. The van der Waals surface area contributed by atoms with Gasteiger partial charge in [0.25, 0.3) is 0 Å². The molecule has 1 saturated heterocycles. The Morgan fingerprint density at radius 2 is 0.785 bits per heavy atom. The molecule has 3 amide bonds. The topological polar surface area (TPSA) is 213 Å². The van der Waals surface area contributed by atoms with Crippen LogP contribution in [-0.2, 0) is 23.9 Å². The van der Waals surface area contributed by atoms with Crippen LogP contribution in [0.3, 0.4) is 0 Å². The van der Waals surface area contributed by atoms with Gasteiger partial charge in [-0.3, -0.25) is 14.4 Å². The van der Waals surface area contributed by atoms with E-state index in [1.165, 1.54) is 10.6 Å². The van der Waals surface area contributed by atoms with Crippen molar-refractivity contribution >= 4 is 17.7 Å². The van der Waals surface area contributed by atoms with Crippen LogP contribution in [0.2, 0.25) is 0 Å². The smallest absolute Gasteiger partial charge is 0.394 e. The van der Waals surface area contributed by atoms with Crippen LogP contribution in [0.25, 0.3) is 0 Å². The molecule has 1 aliphatic rings. The van der Waals surface area contributed by atoms with E-state index in [1.54, 1.807) is 0 Å². The zero-order valence-corrected chi connectivity index (χ0v) is 46.9. The highest BCUT2D eigenvalue weighted by atomic mass is 19.4. The van der Waals surface area contributed by atoms with E-state index in [-0.39, 0.29) is 51.7 Å². The summed E-state index contributed by atoms with van der Waals surface area (Å²) in [4.78, 5) is 37.0. The maximum atomic E-state index is 14.6. The highest BCUT2D eigenvalue weighted by Gasteiger charge is 2.96. The standard InChI is InChI=1S/C47H59F33N4O9/c48-32(49,15-9-6-4-2-1-3-5-7-13-25(86)82-20-21-92-31-29(90)28(89)27(88)24(22-85)93-31)35(54,55)38(60,61)41(66,67)42(68,69)39(62,63)36(56,57)33(50,51)16-11-19-83-30(91)23(12-8-10-18-81)84-26(87)14-17-34(52,53)37(58,59)40(64,65)43(70,71)44(72,73)45(74,75)46(76,77)47(78,79)80/h23-24,27-29,31,85,88-90H,1-22,81H2,(H,82,86)(H,83,91)(H,84,87)/t23-,24+,27-,28-,29+,31+/m0/s1. The van der Waals surface area contributed by atoms with E-state index in [4.69, 9.17) is 15.2 Å². The number of amides is 3. The summed E-state index contributed by atoms with van der Waals surface area (Å²) < 4.78 is 475. The normalized spacial score (nSPS) is 20.0. The number of halogens is 33. The second-order valence-corrected chi connectivity index (χ2v) is 21.0. The fraction of sp³-hybridized carbons (Fsp3) is 0.936. The number of alkyl halides is 33. The molecule has 0 saturated carbocycles. The lowest BCUT2D eigenvalue weighted by molar-refractivity contribution is -0.461. The molecule has 0 aliphatic carbocycles. The van der Waals surface area contributed by atoms with Crippen LogP contribution in [0.5, 0.6) is 0 Å². The molecular weight excluding hydrogens is 1390 g/mol. The van der Waals surface area contributed by atoms with Crippen molar-refractivity contribution in [2.24, 2.45) is 5.73 Å². The van der Waals surface area contributed by atoms with Gasteiger partial charge < -0.3 is 51.6 Å². The van der Waals surface area contributed by atoms with E-state index in [0.717, 1.165) is 0 Å². The number of aliphatic hydroxyl groups is 4. The zero-order valence-electron chi connectivity index (χ0n) is 46.9. The van der Waals surface area contributed by atoms with Crippen molar-refractivity contribution in [3.05, 3.63) is 0 Å². The van der Waals surface area contributed by atoms with Crippen LogP contribution in [0.4, 0.5) is 145 Å². The molecule has 13 nitrogen and oxygen atoms in total. The number of hydrogen-bond donors (Lipinski definition) is 8. The molecule has 0 radical (unpaired) electrons. The van der Waals surface area contributed by atoms with E-state index in [0.29, 0.717) is 12.8 Å². The molecule has 1 rings (SSSR count). The predicted octanol–water partition coefficient (Wildman–Crippen LogP) is 11.2. The Morgan fingerprint density at radius 1 is 0.409 bits per heavy atom. The van der Waals surface area contributed by atoms with E-state index in [1.807, 2.05) is 0 Å². The molecule has 1 aliphatic heterocycles. The molecule has 0 aromatic heterocycles. The van der Waals surface area contributed by atoms with Crippen LogP contribution in [-0.4, -0.2) is 203 Å². The molecular formula is C47H59F33N4O9. The average Bonchev–Trinajstić information content (AvgIpc) is 0.703. The Labute approximate surface area is 502 Å². The number of nitrogens with one attached hydrogen (secondary N) is 3. The van der Waals surface area contributed by atoms with Crippen LogP contribution in [0, 0.1) is 0 Å². The summed E-state index contributed by atoms with van der Waals surface area (Å²) in [5, 5.41) is 43.6. The third kappa shape index (κ3) is 17.6. The summed E-state index contributed by atoms with van der Waals surface area (Å²) in [6.07, 6.45) is -32.6. The number of hydrogen-bond acceptors (Lipinski definition) is 10. The second-order valence-electron chi connectivity index (χ2n) is 21.0. The Kier molecular flexibility index (Phi) is 29.1. The second kappa shape index (κ2) is 31.1. The molecule has 46 heteroatoms. The van der Waals surface area contributed by atoms with Gasteiger partial charge in [0.1, 0.15) is 30.5 Å². The van der Waals surface area contributed by atoms with Gasteiger partial charge in [-0.05, 0) is 45.1 Å². The lowest BCUT2D eigenvalue weighted by atomic mass is 9.86. The fourth-order valence-electron chi connectivity index (χ4n) is 8.21. The van der Waals surface area contributed by atoms with Crippen molar-refractivity contribution < 1.29 is 189 Å². The van der Waals surface area contributed by atoms with Crippen molar-refractivity contribution in [3.8, 4) is 0 Å². The van der Waals surface area contributed by atoms with Crippen molar-refractivity contribution in [3.63, 3.8) is 0 Å². The molecule has 6 atom stereocenters. The maximum absolute atomic E-state index is 14.6. The zero-order chi connectivity index (χ0) is 73.3. The summed E-state index contributed by atoms with van der Waals surface area (Å²) in [5.74, 6) is -129. The van der Waals surface area contributed by atoms with Gasteiger partial charge in [0, 0.05) is 45.2 Å². The van der Waals surface area contributed by atoms with Crippen molar-refractivity contribution in [1.82, 2.24) is 16.0 Å². The van der Waals surface area contributed by atoms with Crippen molar-refractivity contribution in [2.75, 3.05) is 32.8 Å². The quantitative estimate of drug-likeness (QED) is 0.0214. The van der Waals surface area contributed by atoms with E-state index >= 15 is 0 Å². The van der Waals surface area contributed by atoms with Gasteiger partial charge >= 0.3 is 95.0 Å². The van der Waals surface area contributed by atoms with Gasteiger partial charge in [0.2, 0.25) is 17.7 Å². The third-order valence-electron chi connectivity index (χ3n) is 14.1. The lowest BCUT2D eigenvalue weighted by Crippen LogP contribution is -2.74. The lowest BCUT2D eigenvalue weighted by Gasteiger charge is -2.43. The molecule has 0 aromatic carbocycles. The molecule has 0 unspecified atom stereocenters. The largest absolute Gasteiger partial charge is 0.460 e. The summed E-state index contributed by atoms with van der Waals surface area (Å²) in [6.45, 7) is -3.32. The summed E-state index contributed by atoms with van der Waals surface area (Å²) in [5.41, 5.74) is 5.14. The van der Waals surface area contributed by atoms with E-state index in [9.17, 15) is 180 Å². The number of aliphatic hydroxyl groups excluding tert-OH is 4. The van der Waals surface area contributed by atoms with Crippen LogP contribution >= 0.6 is 0 Å².